The fraction of sp³-hybridized carbons (Fsp3) is 0.250. The summed E-state index contributed by atoms with van der Waals surface area (Å²) in [5, 5.41) is 3.50. The predicted octanol–water partition coefficient (Wildman–Crippen LogP) is 4.86. The summed E-state index contributed by atoms with van der Waals surface area (Å²) in [5.41, 5.74) is 2.94. The number of amides is 1. The molecule has 0 saturated carbocycles. The third-order valence-electron chi connectivity index (χ3n) is 5.19. The van der Waals surface area contributed by atoms with Gasteiger partial charge in [-0.3, -0.25) is 9.69 Å². The van der Waals surface area contributed by atoms with Crippen molar-refractivity contribution < 1.29 is 4.79 Å². The van der Waals surface area contributed by atoms with Crippen LogP contribution >= 0.6 is 22.9 Å². The van der Waals surface area contributed by atoms with E-state index < -0.39 is 0 Å². The second kappa shape index (κ2) is 10.0. The summed E-state index contributed by atoms with van der Waals surface area (Å²) in [6, 6.07) is 18.0. The molecule has 0 spiro atoms. The SMILES string of the molecule is O=C(Cc1csc(-c2ccccc2Cl)n1)N1CCN(C/C=C/c2ccccc2)CC1. The summed E-state index contributed by atoms with van der Waals surface area (Å²) >= 11 is 7.79. The third kappa shape index (κ3) is 5.36. The van der Waals surface area contributed by atoms with Gasteiger partial charge in [0.05, 0.1) is 17.1 Å². The first kappa shape index (κ1) is 20.8. The lowest BCUT2D eigenvalue weighted by molar-refractivity contribution is -0.132. The van der Waals surface area contributed by atoms with Gasteiger partial charge in [-0.25, -0.2) is 4.98 Å². The summed E-state index contributed by atoms with van der Waals surface area (Å²) in [6.45, 7) is 4.23. The summed E-state index contributed by atoms with van der Waals surface area (Å²) in [4.78, 5) is 21.7. The second-order valence-electron chi connectivity index (χ2n) is 7.30. The number of hydrogen-bond acceptors (Lipinski definition) is 4. The molecule has 0 bridgehead atoms. The fourth-order valence-corrected chi connectivity index (χ4v) is 4.64. The van der Waals surface area contributed by atoms with Gasteiger partial charge in [0, 0.05) is 43.7 Å². The third-order valence-corrected chi connectivity index (χ3v) is 6.44. The van der Waals surface area contributed by atoms with E-state index in [0.29, 0.717) is 11.4 Å². The molecule has 6 heteroatoms. The van der Waals surface area contributed by atoms with Gasteiger partial charge < -0.3 is 4.90 Å². The molecular formula is C24H24ClN3OS. The average molecular weight is 438 g/mol. The number of nitrogens with zero attached hydrogens (tertiary/aromatic N) is 3. The van der Waals surface area contributed by atoms with Gasteiger partial charge in [-0.1, -0.05) is 72.3 Å². The largest absolute Gasteiger partial charge is 0.340 e. The topological polar surface area (TPSA) is 36.4 Å². The van der Waals surface area contributed by atoms with Crippen molar-refractivity contribution in [3.05, 3.63) is 82.3 Å². The highest BCUT2D eigenvalue weighted by atomic mass is 35.5. The van der Waals surface area contributed by atoms with Gasteiger partial charge in [0.25, 0.3) is 0 Å². The van der Waals surface area contributed by atoms with Crippen molar-refractivity contribution in [3.63, 3.8) is 0 Å². The van der Waals surface area contributed by atoms with Crippen LogP contribution < -0.4 is 0 Å². The number of halogens is 1. The minimum absolute atomic E-state index is 0.144. The number of piperazine rings is 1. The Hall–Kier alpha value is -2.47. The zero-order valence-electron chi connectivity index (χ0n) is 16.7. The molecule has 0 atom stereocenters. The molecule has 1 fully saturated rings. The lowest BCUT2D eigenvalue weighted by Gasteiger charge is -2.34. The van der Waals surface area contributed by atoms with Crippen LogP contribution in [0, 0.1) is 0 Å². The standard InChI is InChI=1S/C24H24ClN3OS/c25-22-11-5-4-10-21(22)24-26-20(18-30-24)17-23(29)28-15-13-27(14-16-28)12-6-9-19-7-2-1-3-8-19/h1-11,18H,12-17H2/b9-6+. The van der Waals surface area contributed by atoms with Gasteiger partial charge in [-0.15, -0.1) is 11.3 Å². The minimum Gasteiger partial charge on any atom is -0.340 e. The van der Waals surface area contributed by atoms with Gasteiger partial charge in [0.15, 0.2) is 0 Å². The van der Waals surface area contributed by atoms with Crippen LogP contribution in [0.5, 0.6) is 0 Å². The van der Waals surface area contributed by atoms with E-state index in [1.165, 1.54) is 16.9 Å². The van der Waals surface area contributed by atoms with Crippen molar-refractivity contribution in [2.75, 3.05) is 32.7 Å². The molecule has 2 heterocycles. The number of thiazole rings is 1. The molecule has 1 aliphatic heterocycles. The van der Waals surface area contributed by atoms with Crippen LogP contribution in [0.2, 0.25) is 5.02 Å². The minimum atomic E-state index is 0.144. The van der Waals surface area contributed by atoms with E-state index >= 15 is 0 Å². The fourth-order valence-electron chi connectivity index (χ4n) is 3.50. The van der Waals surface area contributed by atoms with Gasteiger partial charge in [0.1, 0.15) is 5.01 Å². The molecular weight excluding hydrogens is 414 g/mol. The van der Waals surface area contributed by atoms with Crippen molar-refractivity contribution in [3.8, 4) is 10.6 Å². The number of carbonyl (C=O) groups excluding carboxylic acids is 1. The Bertz CT molecular complexity index is 1010. The zero-order chi connectivity index (χ0) is 20.8. The van der Waals surface area contributed by atoms with Crippen LogP contribution in [0.15, 0.2) is 66.1 Å². The molecule has 0 N–H and O–H groups in total. The maximum absolute atomic E-state index is 12.7. The van der Waals surface area contributed by atoms with Crippen molar-refractivity contribution in [1.29, 1.82) is 0 Å². The second-order valence-corrected chi connectivity index (χ2v) is 8.56. The van der Waals surface area contributed by atoms with Gasteiger partial charge in [-0.05, 0) is 11.6 Å². The highest BCUT2D eigenvalue weighted by molar-refractivity contribution is 7.13. The van der Waals surface area contributed by atoms with Crippen LogP contribution in [0.3, 0.4) is 0 Å². The Morgan fingerprint density at radius 1 is 1.03 bits per heavy atom. The Labute approximate surface area is 186 Å². The molecule has 0 unspecified atom stereocenters. The summed E-state index contributed by atoms with van der Waals surface area (Å²) < 4.78 is 0. The first-order valence-corrected chi connectivity index (χ1v) is 11.4. The van der Waals surface area contributed by atoms with Crippen LogP contribution in [0.4, 0.5) is 0 Å². The van der Waals surface area contributed by atoms with Crippen LogP contribution in [0.1, 0.15) is 11.3 Å². The molecule has 1 aliphatic rings. The maximum Gasteiger partial charge on any atom is 0.228 e. The molecule has 3 aromatic rings. The van der Waals surface area contributed by atoms with Gasteiger partial charge in [0.2, 0.25) is 5.91 Å². The number of benzene rings is 2. The molecule has 0 radical (unpaired) electrons. The molecule has 4 nitrogen and oxygen atoms in total. The van der Waals surface area contributed by atoms with Gasteiger partial charge in [-0.2, -0.15) is 0 Å². The van der Waals surface area contributed by atoms with Crippen molar-refractivity contribution in [2.24, 2.45) is 0 Å². The quantitative estimate of drug-likeness (QED) is 0.552. The number of aromatic nitrogens is 1. The normalized spacial score (nSPS) is 15.0. The van der Waals surface area contributed by atoms with Gasteiger partial charge >= 0.3 is 0 Å². The van der Waals surface area contributed by atoms with Crippen molar-refractivity contribution >= 4 is 34.9 Å². The van der Waals surface area contributed by atoms with Crippen molar-refractivity contribution in [1.82, 2.24) is 14.8 Å². The Morgan fingerprint density at radius 2 is 1.77 bits per heavy atom. The van der Waals surface area contributed by atoms with E-state index in [2.05, 4.69) is 34.2 Å². The summed E-state index contributed by atoms with van der Waals surface area (Å²) in [6.07, 6.45) is 4.68. The number of hydrogen-bond donors (Lipinski definition) is 0. The molecule has 30 heavy (non-hydrogen) atoms. The molecule has 1 saturated heterocycles. The van der Waals surface area contributed by atoms with E-state index in [0.717, 1.165) is 49.0 Å². The Morgan fingerprint density at radius 3 is 2.53 bits per heavy atom. The molecule has 1 amide bonds. The highest BCUT2D eigenvalue weighted by Gasteiger charge is 2.21. The van der Waals surface area contributed by atoms with E-state index in [4.69, 9.17) is 11.6 Å². The lowest BCUT2D eigenvalue weighted by Crippen LogP contribution is -2.49. The Balaban J connectivity index is 1.26. The monoisotopic (exact) mass is 437 g/mol. The van der Waals surface area contributed by atoms with E-state index in [1.807, 2.05) is 52.7 Å². The number of carbonyl (C=O) groups is 1. The van der Waals surface area contributed by atoms with E-state index in [1.54, 1.807) is 0 Å². The summed E-state index contributed by atoms with van der Waals surface area (Å²) in [7, 11) is 0. The first-order valence-electron chi connectivity index (χ1n) is 10.1. The first-order chi connectivity index (χ1) is 14.7. The molecule has 4 rings (SSSR count). The smallest absolute Gasteiger partial charge is 0.228 e. The summed E-state index contributed by atoms with van der Waals surface area (Å²) in [5.74, 6) is 0.144. The van der Waals surface area contributed by atoms with E-state index in [-0.39, 0.29) is 5.91 Å². The number of rotatable bonds is 6. The van der Waals surface area contributed by atoms with Crippen molar-refractivity contribution in [2.45, 2.75) is 6.42 Å². The highest BCUT2D eigenvalue weighted by Crippen LogP contribution is 2.30. The lowest BCUT2D eigenvalue weighted by atomic mass is 10.2. The molecule has 154 valence electrons. The zero-order valence-corrected chi connectivity index (χ0v) is 18.3. The maximum atomic E-state index is 12.7. The predicted molar refractivity (Wildman–Crippen MR) is 125 cm³/mol. The van der Waals surface area contributed by atoms with E-state index in [9.17, 15) is 4.79 Å². The Kier molecular flexibility index (Phi) is 6.95. The molecule has 2 aromatic carbocycles. The molecule has 1 aromatic heterocycles. The molecule has 0 aliphatic carbocycles. The van der Waals surface area contributed by atoms with Crippen LogP contribution in [-0.4, -0.2) is 53.4 Å². The van der Waals surface area contributed by atoms with Crippen LogP contribution in [-0.2, 0) is 11.2 Å². The average Bonchev–Trinajstić information content (AvgIpc) is 3.23. The van der Waals surface area contributed by atoms with Crippen LogP contribution in [0.25, 0.3) is 16.6 Å².